The van der Waals surface area contributed by atoms with E-state index in [9.17, 15) is 13.0 Å². The molecule has 0 aliphatic carbocycles. The zero-order chi connectivity index (χ0) is 19.4. The molecular weight excluding hydrogens is 389 g/mol. The Balaban J connectivity index is 0.00000280. The van der Waals surface area contributed by atoms with Gasteiger partial charge in [-0.2, -0.15) is 0 Å². The zero-order valence-electron chi connectivity index (χ0n) is 15.8. The van der Waals surface area contributed by atoms with Crippen LogP contribution in [-0.2, 0) is 10.1 Å². The summed E-state index contributed by atoms with van der Waals surface area (Å²) in [6, 6.07) is 20.7. The van der Waals surface area contributed by atoms with E-state index in [1.165, 1.54) is 12.1 Å². The molecule has 0 heterocycles. The van der Waals surface area contributed by atoms with Crippen molar-refractivity contribution in [1.82, 2.24) is 0 Å². The Morgan fingerprint density at radius 3 is 1.29 bits per heavy atom. The molecule has 3 rings (SSSR count). The third-order valence-corrected chi connectivity index (χ3v) is 4.89. The monoisotopic (exact) mass is 407 g/mol. The summed E-state index contributed by atoms with van der Waals surface area (Å²) >= 11 is 0. The number of methoxy groups -OCH3 is 2. The van der Waals surface area contributed by atoms with Crippen molar-refractivity contribution in [2.24, 2.45) is 0 Å². The molecule has 0 spiro atoms. The van der Waals surface area contributed by atoms with Gasteiger partial charge < -0.3 is 18.9 Å². The summed E-state index contributed by atoms with van der Waals surface area (Å²) in [5.74, 6) is 1.45. The van der Waals surface area contributed by atoms with Crippen LogP contribution in [0.15, 0.2) is 77.7 Å². The van der Waals surface area contributed by atoms with Gasteiger partial charge in [0.15, 0.2) is 0 Å². The Bertz CT molecular complexity index is 956. The molecule has 0 saturated heterocycles. The first-order valence-corrected chi connectivity index (χ1v) is 9.47. The van der Waals surface area contributed by atoms with E-state index in [2.05, 4.69) is 0 Å². The van der Waals surface area contributed by atoms with Gasteiger partial charge in [0.25, 0.3) is 0 Å². The summed E-state index contributed by atoms with van der Waals surface area (Å²) in [5.41, 5.74) is 2.40. The van der Waals surface area contributed by atoms with Crippen LogP contribution in [0.5, 0.6) is 11.5 Å². The third kappa shape index (κ3) is 5.06. The normalized spacial score (nSPS) is 10.7. The largest absolute Gasteiger partial charge is 1.00 e. The molecule has 0 saturated carbocycles. The molecule has 0 unspecified atom stereocenters. The van der Waals surface area contributed by atoms with Gasteiger partial charge in [0.1, 0.15) is 21.6 Å². The summed E-state index contributed by atoms with van der Waals surface area (Å²) in [7, 11) is -1.30. The van der Waals surface area contributed by atoms with E-state index in [0.29, 0.717) is 5.69 Å². The van der Waals surface area contributed by atoms with Gasteiger partial charge in [0.2, 0.25) is 0 Å². The van der Waals surface area contributed by atoms with Gasteiger partial charge in [-0.3, -0.25) is 0 Å². The molecule has 6 nitrogen and oxygen atoms in total. The number of hydrogen-bond donors (Lipinski definition) is 0. The van der Waals surface area contributed by atoms with E-state index in [1.807, 2.05) is 53.4 Å². The second kappa shape index (κ2) is 9.45. The molecule has 140 valence electrons. The third-order valence-electron chi connectivity index (χ3n) is 4.04. The van der Waals surface area contributed by atoms with Crippen LogP contribution in [0, 0.1) is 0 Å². The number of rotatable bonds is 6. The van der Waals surface area contributed by atoms with Crippen molar-refractivity contribution < 1.29 is 52.0 Å². The molecule has 0 amide bonds. The standard InChI is InChI=1S/C20H19NO5S.Na/c1-25-18-9-3-15(4-10-18)21(16-5-11-19(26-2)12-6-16)17-7-13-20(14-8-17)27(22,23)24;/h3-14H,1-2H3,(H,22,23,24);/q;+1/p-1. The maximum Gasteiger partial charge on any atom is 1.00 e. The molecule has 28 heavy (non-hydrogen) atoms. The van der Waals surface area contributed by atoms with E-state index in [1.54, 1.807) is 26.4 Å². The van der Waals surface area contributed by atoms with Crippen molar-refractivity contribution in [1.29, 1.82) is 0 Å². The summed E-state index contributed by atoms with van der Waals surface area (Å²) in [6.45, 7) is 0. The molecule has 0 aliphatic rings. The fourth-order valence-electron chi connectivity index (χ4n) is 2.67. The second-order valence-electron chi connectivity index (χ2n) is 5.68. The van der Waals surface area contributed by atoms with Crippen LogP contribution >= 0.6 is 0 Å². The quantitative estimate of drug-likeness (QED) is 0.450. The van der Waals surface area contributed by atoms with Crippen molar-refractivity contribution >= 4 is 27.2 Å². The van der Waals surface area contributed by atoms with E-state index in [4.69, 9.17) is 9.47 Å². The Hall–Kier alpha value is -2.03. The molecule has 0 aromatic heterocycles. The van der Waals surface area contributed by atoms with Crippen molar-refractivity contribution in [3.8, 4) is 11.5 Å². The first kappa shape index (κ1) is 22.3. The predicted octanol–water partition coefficient (Wildman–Crippen LogP) is 1.08. The van der Waals surface area contributed by atoms with Gasteiger partial charge in [-0.1, -0.05) is 0 Å². The summed E-state index contributed by atoms with van der Waals surface area (Å²) in [4.78, 5) is 1.66. The molecule has 0 fully saturated rings. The van der Waals surface area contributed by atoms with Crippen LogP contribution < -0.4 is 43.9 Å². The van der Waals surface area contributed by atoms with Gasteiger partial charge in [-0.25, -0.2) is 8.42 Å². The van der Waals surface area contributed by atoms with Gasteiger partial charge in [-0.15, -0.1) is 0 Å². The predicted molar refractivity (Wildman–Crippen MR) is 102 cm³/mol. The second-order valence-corrected chi connectivity index (χ2v) is 7.06. The molecule has 3 aromatic rings. The topological polar surface area (TPSA) is 78.9 Å². The van der Waals surface area contributed by atoms with Gasteiger partial charge in [0.05, 0.1) is 19.1 Å². The number of ether oxygens (including phenoxy) is 2. The summed E-state index contributed by atoms with van der Waals surface area (Å²) < 4.78 is 44.0. The van der Waals surface area contributed by atoms with Crippen LogP contribution in [0.3, 0.4) is 0 Å². The Labute approximate surface area is 186 Å². The first-order valence-electron chi connectivity index (χ1n) is 8.06. The van der Waals surface area contributed by atoms with E-state index in [0.717, 1.165) is 22.9 Å². The number of benzene rings is 3. The fourth-order valence-corrected chi connectivity index (χ4v) is 3.14. The smallest absolute Gasteiger partial charge is 0.744 e. The van der Waals surface area contributed by atoms with Gasteiger partial charge >= 0.3 is 29.6 Å². The summed E-state index contributed by atoms with van der Waals surface area (Å²) in [5, 5.41) is 0. The van der Waals surface area contributed by atoms with E-state index >= 15 is 0 Å². The molecule has 0 aliphatic heterocycles. The molecule has 0 bridgehead atoms. The van der Waals surface area contributed by atoms with Crippen molar-refractivity contribution in [3.63, 3.8) is 0 Å². The Kier molecular flexibility index (Phi) is 7.51. The minimum Gasteiger partial charge on any atom is -0.744 e. The van der Waals surface area contributed by atoms with Crippen LogP contribution in [0.25, 0.3) is 0 Å². The minimum absolute atomic E-state index is 0. The fraction of sp³-hybridized carbons (Fsp3) is 0.100. The maximum atomic E-state index is 11.2. The van der Waals surface area contributed by atoms with Crippen LogP contribution in [0.2, 0.25) is 0 Å². The van der Waals surface area contributed by atoms with Gasteiger partial charge in [0, 0.05) is 17.1 Å². The molecule has 0 N–H and O–H groups in total. The van der Waals surface area contributed by atoms with Crippen molar-refractivity contribution in [2.75, 3.05) is 19.1 Å². The van der Waals surface area contributed by atoms with Gasteiger partial charge in [-0.05, 0) is 72.8 Å². The van der Waals surface area contributed by atoms with Crippen LogP contribution in [0.4, 0.5) is 17.1 Å². The van der Waals surface area contributed by atoms with Crippen LogP contribution in [-0.4, -0.2) is 27.2 Å². The molecule has 3 aromatic carbocycles. The molecule has 8 heteroatoms. The molecular formula is C20H18NNaO5S. The average molecular weight is 407 g/mol. The Morgan fingerprint density at radius 1 is 0.679 bits per heavy atom. The van der Waals surface area contributed by atoms with Crippen molar-refractivity contribution in [2.45, 2.75) is 4.90 Å². The van der Waals surface area contributed by atoms with E-state index in [-0.39, 0.29) is 34.5 Å². The molecule has 0 atom stereocenters. The average Bonchev–Trinajstić information content (AvgIpc) is 2.69. The zero-order valence-corrected chi connectivity index (χ0v) is 18.6. The number of anilines is 3. The number of nitrogens with zero attached hydrogens (tertiary/aromatic N) is 1. The maximum absolute atomic E-state index is 11.2. The Morgan fingerprint density at radius 2 is 1.00 bits per heavy atom. The van der Waals surface area contributed by atoms with E-state index < -0.39 is 10.1 Å². The SMILES string of the molecule is COc1ccc(N(c2ccc(OC)cc2)c2ccc(S(=O)(=O)[O-])cc2)cc1.[Na+]. The molecule has 0 radical (unpaired) electrons. The first-order chi connectivity index (χ1) is 12.9. The van der Waals surface area contributed by atoms with Crippen molar-refractivity contribution in [3.05, 3.63) is 72.8 Å². The number of hydrogen-bond acceptors (Lipinski definition) is 6. The summed E-state index contributed by atoms with van der Waals surface area (Å²) in [6.07, 6.45) is 0. The van der Waals surface area contributed by atoms with Crippen LogP contribution in [0.1, 0.15) is 0 Å². The minimum atomic E-state index is -4.49.